The molecule has 0 fully saturated rings. The summed E-state index contributed by atoms with van der Waals surface area (Å²) in [5, 5.41) is -0.401. The first-order valence-electron chi connectivity index (χ1n) is 3.57. The highest BCUT2D eigenvalue weighted by Gasteiger charge is 2.16. The van der Waals surface area contributed by atoms with Crippen molar-refractivity contribution in [1.29, 1.82) is 0 Å². The molecule has 1 aromatic rings. The molecule has 4 nitrogen and oxygen atoms in total. The summed E-state index contributed by atoms with van der Waals surface area (Å²) in [6.45, 7) is 0.283. The molecule has 1 heterocycles. The van der Waals surface area contributed by atoms with Gasteiger partial charge in [0, 0.05) is 19.2 Å². The van der Waals surface area contributed by atoms with Crippen molar-refractivity contribution in [2.45, 2.75) is 6.54 Å². The van der Waals surface area contributed by atoms with Gasteiger partial charge in [0.05, 0.1) is 12.5 Å². The standard InChI is InChI=1S/C7H10ClNO3S/c1-9(13(10,11)6-8)4-7-2-3-12-5-7/h2-3,5H,4,6H2,1H3. The molecule has 0 amide bonds. The van der Waals surface area contributed by atoms with E-state index < -0.39 is 15.2 Å². The van der Waals surface area contributed by atoms with Gasteiger partial charge in [-0.25, -0.2) is 8.42 Å². The van der Waals surface area contributed by atoms with Gasteiger partial charge in [-0.15, -0.1) is 11.6 Å². The van der Waals surface area contributed by atoms with Gasteiger partial charge in [0.15, 0.2) is 0 Å². The van der Waals surface area contributed by atoms with Crippen LogP contribution in [0.3, 0.4) is 0 Å². The summed E-state index contributed by atoms with van der Waals surface area (Å²) in [6.07, 6.45) is 3.00. The molecular weight excluding hydrogens is 214 g/mol. The van der Waals surface area contributed by atoms with Crippen LogP contribution in [0.5, 0.6) is 0 Å². The Balaban J connectivity index is 2.66. The minimum Gasteiger partial charge on any atom is -0.472 e. The zero-order valence-corrected chi connectivity index (χ0v) is 8.68. The topological polar surface area (TPSA) is 50.5 Å². The minimum atomic E-state index is -3.32. The van der Waals surface area contributed by atoms with Crippen molar-refractivity contribution in [3.8, 4) is 0 Å². The van der Waals surface area contributed by atoms with Crippen LogP contribution in [-0.4, -0.2) is 25.0 Å². The van der Waals surface area contributed by atoms with Crippen molar-refractivity contribution in [2.75, 3.05) is 12.3 Å². The minimum absolute atomic E-state index is 0.283. The van der Waals surface area contributed by atoms with E-state index in [0.29, 0.717) is 0 Å². The molecule has 0 saturated heterocycles. The van der Waals surface area contributed by atoms with E-state index in [1.807, 2.05) is 0 Å². The molecule has 0 bridgehead atoms. The van der Waals surface area contributed by atoms with E-state index in [9.17, 15) is 8.42 Å². The summed E-state index contributed by atoms with van der Waals surface area (Å²) in [6, 6.07) is 1.71. The maximum absolute atomic E-state index is 11.2. The summed E-state index contributed by atoms with van der Waals surface area (Å²) in [5.41, 5.74) is 0.802. The first kappa shape index (κ1) is 10.6. The van der Waals surface area contributed by atoms with Crippen LogP contribution in [0, 0.1) is 0 Å². The lowest BCUT2D eigenvalue weighted by Gasteiger charge is -2.13. The molecule has 74 valence electrons. The third-order valence-corrected chi connectivity index (χ3v) is 3.78. The molecular formula is C7H10ClNO3S. The Labute approximate surface area is 82.1 Å². The van der Waals surface area contributed by atoms with Crippen molar-refractivity contribution in [3.05, 3.63) is 24.2 Å². The molecule has 13 heavy (non-hydrogen) atoms. The van der Waals surface area contributed by atoms with Crippen molar-refractivity contribution in [2.24, 2.45) is 0 Å². The predicted octanol–water partition coefficient (Wildman–Crippen LogP) is 1.24. The number of sulfonamides is 1. The second-order valence-corrected chi connectivity index (χ2v) is 5.27. The number of rotatable bonds is 4. The Bertz CT molecular complexity index is 346. The highest BCUT2D eigenvalue weighted by atomic mass is 35.5. The molecule has 1 rings (SSSR count). The Kier molecular flexibility index (Phi) is 3.35. The smallest absolute Gasteiger partial charge is 0.228 e. The van der Waals surface area contributed by atoms with E-state index in [2.05, 4.69) is 0 Å². The van der Waals surface area contributed by atoms with Crippen LogP contribution >= 0.6 is 11.6 Å². The highest BCUT2D eigenvalue weighted by molar-refractivity contribution is 7.90. The first-order chi connectivity index (χ1) is 6.06. The van der Waals surface area contributed by atoms with Crippen LogP contribution in [-0.2, 0) is 16.6 Å². The number of furan rings is 1. The molecule has 0 aliphatic carbocycles. The van der Waals surface area contributed by atoms with Gasteiger partial charge in [-0.3, -0.25) is 0 Å². The molecule has 0 aliphatic rings. The van der Waals surface area contributed by atoms with Gasteiger partial charge >= 0.3 is 0 Å². The monoisotopic (exact) mass is 223 g/mol. The van der Waals surface area contributed by atoms with Gasteiger partial charge in [0.25, 0.3) is 0 Å². The summed E-state index contributed by atoms with van der Waals surface area (Å²) in [5.74, 6) is 0. The zero-order valence-electron chi connectivity index (χ0n) is 7.10. The van der Waals surface area contributed by atoms with Crippen LogP contribution in [0.2, 0.25) is 0 Å². The van der Waals surface area contributed by atoms with Gasteiger partial charge < -0.3 is 4.42 Å². The number of hydrogen-bond donors (Lipinski definition) is 0. The van der Waals surface area contributed by atoms with E-state index in [0.717, 1.165) is 5.56 Å². The summed E-state index contributed by atoms with van der Waals surface area (Å²) in [4.78, 5) is 0. The average Bonchev–Trinajstić information content (AvgIpc) is 2.57. The van der Waals surface area contributed by atoms with E-state index in [4.69, 9.17) is 16.0 Å². The number of nitrogens with zero attached hydrogens (tertiary/aromatic N) is 1. The van der Waals surface area contributed by atoms with E-state index in [-0.39, 0.29) is 6.54 Å². The van der Waals surface area contributed by atoms with Crippen LogP contribution in [0.25, 0.3) is 0 Å². The Morgan fingerprint density at radius 1 is 1.62 bits per heavy atom. The lowest BCUT2D eigenvalue weighted by atomic mass is 10.3. The molecule has 1 aromatic heterocycles. The second-order valence-electron chi connectivity index (χ2n) is 2.61. The van der Waals surface area contributed by atoms with Gasteiger partial charge in [0.2, 0.25) is 10.0 Å². The molecule has 0 radical (unpaired) electrons. The second kappa shape index (κ2) is 4.13. The van der Waals surface area contributed by atoms with Crippen LogP contribution in [0.4, 0.5) is 0 Å². The number of hydrogen-bond acceptors (Lipinski definition) is 3. The molecule has 0 N–H and O–H groups in total. The molecule has 0 aromatic carbocycles. The van der Waals surface area contributed by atoms with Crippen molar-refractivity contribution in [3.63, 3.8) is 0 Å². The maximum Gasteiger partial charge on any atom is 0.228 e. The average molecular weight is 224 g/mol. The van der Waals surface area contributed by atoms with Crippen molar-refractivity contribution < 1.29 is 12.8 Å². The van der Waals surface area contributed by atoms with Gasteiger partial charge in [-0.05, 0) is 6.07 Å². The molecule has 0 saturated carbocycles. The van der Waals surface area contributed by atoms with Crippen LogP contribution < -0.4 is 0 Å². The van der Waals surface area contributed by atoms with Crippen molar-refractivity contribution >= 4 is 21.6 Å². The predicted molar refractivity (Wildman–Crippen MR) is 49.8 cm³/mol. The van der Waals surface area contributed by atoms with E-state index >= 15 is 0 Å². The van der Waals surface area contributed by atoms with Crippen LogP contribution in [0.15, 0.2) is 23.0 Å². The van der Waals surface area contributed by atoms with Gasteiger partial charge in [-0.1, -0.05) is 0 Å². The normalized spacial score (nSPS) is 12.2. The third kappa shape index (κ3) is 2.72. The summed E-state index contributed by atoms with van der Waals surface area (Å²) >= 11 is 5.28. The molecule has 0 atom stereocenters. The Hall–Kier alpha value is -0.520. The number of halogens is 1. The first-order valence-corrected chi connectivity index (χ1v) is 5.71. The zero-order chi connectivity index (χ0) is 9.90. The molecule has 0 spiro atoms. The fourth-order valence-electron chi connectivity index (χ4n) is 0.821. The Morgan fingerprint density at radius 2 is 2.31 bits per heavy atom. The van der Waals surface area contributed by atoms with E-state index in [1.165, 1.54) is 23.9 Å². The summed E-state index contributed by atoms with van der Waals surface area (Å²) < 4.78 is 28.4. The van der Waals surface area contributed by atoms with Gasteiger partial charge in [0.1, 0.15) is 5.21 Å². The number of alkyl halides is 1. The quantitative estimate of drug-likeness (QED) is 0.722. The molecule has 0 unspecified atom stereocenters. The lowest BCUT2D eigenvalue weighted by Crippen LogP contribution is -2.26. The fraction of sp³-hybridized carbons (Fsp3) is 0.429. The maximum atomic E-state index is 11.2. The Morgan fingerprint density at radius 3 is 2.77 bits per heavy atom. The van der Waals surface area contributed by atoms with Crippen molar-refractivity contribution in [1.82, 2.24) is 4.31 Å². The highest BCUT2D eigenvalue weighted by Crippen LogP contribution is 2.08. The molecule has 6 heteroatoms. The molecule has 0 aliphatic heterocycles. The fourth-order valence-corrected chi connectivity index (χ4v) is 1.83. The largest absolute Gasteiger partial charge is 0.472 e. The SMILES string of the molecule is CN(Cc1ccoc1)S(=O)(=O)CCl. The summed E-state index contributed by atoms with van der Waals surface area (Å²) in [7, 11) is -1.84. The van der Waals surface area contributed by atoms with E-state index in [1.54, 1.807) is 6.07 Å². The van der Waals surface area contributed by atoms with Gasteiger partial charge in [-0.2, -0.15) is 4.31 Å². The lowest BCUT2D eigenvalue weighted by molar-refractivity contribution is 0.467. The van der Waals surface area contributed by atoms with Crippen LogP contribution in [0.1, 0.15) is 5.56 Å². The third-order valence-electron chi connectivity index (χ3n) is 1.60.